The zero-order chi connectivity index (χ0) is 12.9. The van der Waals surface area contributed by atoms with Crippen molar-refractivity contribution in [1.82, 2.24) is 20.6 Å². The second kappa shape index (κ2) is 5.27. The van der Waals surface area contributed by atoms with Crippen LogP contribution in [0.15, 0.2) is 60.7 Å². The number of hydrogen-bond donors (Lipinski definition) is 1. The van der Waals surface area contributed by atoms with Gasteiger partial charge >= 0.3 is 0 Å². The van der Waals surface area contributed by atoms with Crippen LogP contribution in [0.25, 0.3) is 11.6 Å². The molecule has 0 saturated carbocycles. The molecule has 2 aromatic carbocycles. The molecule has 4 heteroatoms. The summed E-state index contributed by atoms with van der Waals surface area (Å²) in [5.74, 6) is 0.572. The lowest BCUT2D eigenvalue weighted by Crippen LogP contribution is -1.88. The molecule has 1 N–H and O–H groups in total. The second-order valence-electron chi connectivity index (χ2n) is 4.06. The fraction of sp³-hybridized carbons (Fsp3) is 0. The lowest BCUT2D eigenvalue weighted by atomic mass is 9.97. The topological polar surface area (TPSA) is 54.5 Å². The van der Waals surface area contributed by atoms with E-state index in [1.165, 1.54) is 0 Å². The summed E-state index contributed by atoms with van der Waals surface area (Å²) in [5, 5.41) is 14.0. The molecule has 0 saturated heterocycles. The summed E-state index contributed by atoms with van der Waals surface area (Å²) in [6, 6.07) is 20.3. The van der Waals surface area contributed by atoms with E-state index >= 15 is 0 Å². The van der Waals surface area contributed by atoms with Gasteiger partial charge in [-0.25, -0.2) is 0 Å². The zero-order valence-corrected chi connectivity index (χ0v) is 10.2. The largest absolute Gasteiger partial charge is 0.198 e. The minimum Gasteiger partial charge on any atom is -0.177 e. The lowest BCUT2D eigenvalue weighted by molar-refractivity contribution is 0.881. The highest BCUT2D eigenvalue weighted by Crippen LogP contribution is 2.24. The maximum absolute atomic E-state index is 3.98. The number of benzene rings is 2. The number of hydrogen-bond acceptors (Lipinski definition) is 3. The van der Waals surface area contributed by atoms with E-state index in [1.807, 2.05) is 42.5 Å². The van der Waals surface area contributed by atoms with Crippen molar-refractivity contribution in [1.29, 1.82) is 0 Å². The highest BCUT2D eigenvalue weighted by atomic mass is 15.5. The number of H-pyrrole nitrogens is 1. The molecule has 3 aromatic rings. The van der Waals surface area contributed by atoms with Crippen molar-refractivity contribution in [2.75, 3.05) is 0 Å². The predicted molar refractivity (Wildman–Crippen MR) is 74.0 cm³/mol. The molecule has 0 fully saturated rings. The molecule has 0 aliphatic carbocycles. The summed E-state index contributed by atoms with van der Waals surface area (Å²) in [7, 11) is 0. The second-order valence-corrected chi connectivity index (χ2v) is 4.06. The van der Waals surface area contributed by atoms with E-state index in [-0.39, 0.29) is 0 Å². The van der Waals surface area contributed by atoms with Gasteiger partial charge in [0.1, 0.15) is 0 Å². The molecule has 0 spiro atoms. The highest BCUT2D eigenvalue weighted by Gasteiger charge is 2.06. The average molecular weight is 248 g/mol. The van der Waals surface area contributed by atoms with Crippen LogP contribution in [0.5, 0.6) is 0 Å². The van der Waals surface area contributed by atoms with E-state index < -0.39 is 0 Å². The molecule has 0 aliphatic rings. The number of aromatic nitrogens is 4. The number of aromatic amines is 1. The van der Waals surface area contributed by atoms with Crippen LogP contribution in [0.3, 0.4) is 0 Å². The standard InChI is InChI=1S/C15H12N4/c1-3-7-12(8-4-1)14(11-15-16-18-19-17-15)13-9-5-2-6-10-13/h1-11H,(H,16,17,18,19). The molecule has 4 nitrogen and oxygen atoms in total. The quantitative estimate of drug-likeness (QED) is 0.775. The van der Waals surface area contributed by atoms with Gasteiger partial charge < -0.3 is 0 Å². The Hall–Kier alpha value is -2.75. The van der Waals surface area contributed by atoms with Crippen LogP contribution in [0.2, 0.25) is 0 Å². The van der Waals surface area contributed by atoms with Gasteiger partial charge in [0.05, 0.1) is 0 Å². The summed E-state index contributed by atoms with van der Waals surface area (Å²) in [6.07, 6.45) is 1.92. The van der Waals surface area contributed by atoms with E-state index in [2.05, 4.69) is 44.9 Å². The van der Waals surface area contributed by atoms with Crippen molar-refractivity contribution in [3.8, 4) is 0 Å². The van der Waals surface area contributed by atoms with Gasteiger partial charge in [0.15, 0.2) is 5.82 Å². The normalized spacial score (nSPS) is 10.1. The average Bonchev–Trinajstić information content (AvgIpc) is 3.00. The zero-order valence-electron chi connectivity index (χ0n) is 10.2. The molecule has 1 heterocycles. The Morgan fingerprint density at radius 3 is 1.89 bits per heavy atom. The van der Waals surface area contributed by atoms with Crippen molar-refractivity contribution >= 4 is 11.6 Å². The van der Waals surface area contributed by atoms with Crippen LogP contribution in [-0.4, -0.2) is 20.6 Å². The van der Waals surface area contributed by atoms with Crippen LogP contribution in [0.4, 0.5) is 0 Å². The van der Waals surface area contributed by atoms with Crippen LogP contribution >= 0.6 is 0 Å². The molecular formula is C15H12N4. The molecule has 0 radical (unpaired) electrons. The van der Waals surface area contributed by atoms with Gasteiger partial charge in [-0.05, 0) is 28.0 Å². The van der Waals surface area contributed by atoms with Gasteiger partial charge in [0, 0.05) is 0 Å². The third-order valence-electron chi connectivity index (χ3n) is 2.80. The maximum atomic E-state index is 3.98. The first-order valence-corrected chi connectivity index (χ1v) is 5.99. The van der Waals surface area contributed by atoms with Crippen molar-refractivity contribution in [2.45, 2.75) is 0 Å². The molecule has 1 aromatic heterocycles. The van der Waals surface area contributed by atoms with E-state index in [0.29, 0.717) is 5.82 Å². The summed E-state index contributed by atoms with van der Waals surface area (Å²) >= 11 is 0. The molecule has 0 unspecified atom stereocenters. The van der Waals surface area contributed by atoms with Gasteiger partial charge in [0.2, 0.25) is 0 Å². The lowest BCUT2D eigenvalue weighted by Gasteiger charge is -2.07. The molecule has 0 atom stereocenters. The molecule has 0 amide bonds. The number of nitrogens with zero attached hydrogens (tertiary/aromatic N) is 3. The van der Waals surface area contributed by atoms with Crippen molar-refractivity contribution in [2.24, 2.45) is 0 Å². The van der Waals surface area contributed by atoms with Crippen LogP contribution < -0.4 is 0 Å². The van der Waals surface area contributed by atoms with Crippen molar-refractivity contribution in [3.05, 3.63) is 77.6 Å². The van der Waals surface area contributed by atoms with Gasteiger partial charge in [-0.2, -0.15) is 5.21 Å². The van der Waals surface area contributed by atoms with Gasteiger partial charge in [-0.3, -0.25) is 0 Å². The molecule has 19 heavy (non-hydrogen) atoms. The molecule has 3 rings (SSSR count). The van der Waals surface area contributed by atoms with Crippen LogP contribution in [-0.2, 0) is 0 Å². The first kappa shape index (κ1) is 11.3. The SMILES string of the molecule is C(=C(c1ccccc1)c1ccccc1)c1nn[nH]n1. The van der Waals surface area contributed by atoms with Crippen LogP contribution in [0, 0.1) is 0 Å². The highest BCUT2D eigenvalue weighted by molar-refractivity contribution is 5.90. The van der Waals surface area contributed by atoms with Gasteiger partial charge in [-0.1, -0.05) is 60.7 Å². The van der Waals surface area contributed by atoms with Crippen molar-refractivity contribution < 1.29 is 0 Å². The summed E-state index contributed by atoms with van der Waals surface area (Å²) in [6.45, 7) is 0. The summed E-state index contributed by atoms with van der Waals surface area (Å²) in [5.41, 5.74) is 3.32. The summed E-state index contributed by atoms with van der Waals surface area (Å²) in [4.78, 5) is 0. The number of rotatable bonds is 3. The fourth-order valence-electron chi connectivity index (χ4n) is 1.93. The molecule has 0 aliphatic heterocycles. The number of nitrogens with one attached hydrogen (secondary N) is 1. The minimum atomic E-state index is 0.572. The fourth-order valence-corrected chi connectivity index (χ4v) is 1.93. The Morgan fingerprint density at radius 1 is 0.842 bits per heavy atom. The Labute approximate surface area is 110 Å². The van der Waals surface area contributed by atoms with Gasteiger partial charge in [0.25, 0.3) is 0 Å². The Kier molecular flexibility index (Phi) is 3.14. The van der Waals surface area contributed by atoms with E-state index in [1.54, 1.807) is 0 Å². The monoisotopic (exact) mass is 248 g/mol. The first-order valence-electron chi connectivity index (χ1n) is 5.99. The van der Waals surface area contributed by atoms with E-state index in [0.717, 1.165) is 16.7 Å². The molecular weight excluding hydrogens is 236 g/mol. The van der Waals surface area contributed by atoms with Crippen LogP contribution in [0.1, 0.15) is 17.0 Å². The predicted octanol–water partition coefficient (Wildman–Crippen LogP) is 2.79. The Bertz CT molecular complexity index is 616. The Morgan fingerprint density at radius 2 is 1.42 bits per heavy atom. The van der Waals surface area contributed by atoms with E-state index in [9.17, 15) is 0 Å². The third kappa shape index (κ3) is 2.57. The molecule has 92 valence electrons. The maximum Gasteiger partial charge on any atom is 0.198 e. The first-order chi connectivity index (χ1) is 9.43. The smallest absolute Gasteiger partial charge is 0.177 e. The van der Waals surface area contributed by atoms with E-state index in [4.69, 9.17) is 0 Å². The molecule has 0 bridgehead atoms. The third-order valence-corrected chi connectivity index (χ3v) is 2.80. The Balaban J connectivity index is 2.12. The minimum absolute atomic E-state index is 0.572. The van der Waals surface area contributed by atoms with Crippen molar-refractivity contribution in [3.63, 3.8) is 0 Å². The van der Waals surface area contributed by atoms with Gasteiger partial charge in [-0.15, -0.1) is 10.2 Å². The number of tetrazole rings is 1. The summed E-state index contributed by atoms with van der Waals surface area (Å²) < 4.78 is 0.